The first kappa shape index (κ1) is 12.0. The Labute approximate surface area is 104 Å². The molecule has 0 fully saturated rings. The van der Waals surface area contributed by atoms with Gasteiger partial charge in [0.25, 0.3) is 0 Å². The smallest absolute Gasteiger partial charge is 0.248 e. The molecular weight excluding hydrogens is 232 g/mol. The van der Waals surface area contributed by atoms with E-state index < -0.39 is 0 Å². The maximum absolute atomic E-state index is 11.7. The van der Waals surface area contributed by atoms with Crippen molar-refractivity contribution < 1.29 is 4.79 Å². The van der Waals surface area contributed by atoms with Crippen molar-refractivity contribution in [3.63, 3.8) is 0 Å². The van der Waals surface area contributed by atoms with E-state index in [1.54, 1.807) is 6.20 Å². The van der Waals surface area contributed by atoms with Crippen molar-refractivity contribution in [3.05, 3.63) is 29.8 Å². The topological polar surface area (TPSA) is 98.7 Å². The highest BCUT2D eigenvalue weighted by Crippen LogP contribution is 2.04. The number of aryl methyl sites for hydroxylation is 2. The Bertz CT molecular complexity index is 556. The molecule has 0 saturated carbocycles. The van der Waals surface area contributed by atoms with Gasteiger partial charge in [-0.3, -0.25) is 14.8 Å². The minimum atomic E-state index is -0.247. The lowest BCUT2D eigenvalue weighted by Gasteiger charge is -2.05. The summed E-state index contributed by atoms with van der Waals surface area (Å²) in [6, 6.07) is 1.84. The molecule has 2 rings (SSSR count). The van der Waals surface area contributed by atoms with Crippen LogP contribution in [0.15, 0.2) is 18.5 Å². The number of nitrogens with zero attached hydrogens (tertiary/aromatic N) is 4. The average Bonchev–Trinajstić information content (AvgIpc) is 2.61. The predicted molar refractivity (Wildman–Crippen MR) is 66.8 cm³/mol. The van der Waals surface area contributed by atoms with E-state index in [1.165, 1.54) is 10.9 Å². The Morgan fingerprint density at radius 1 is 1.39 bits per heavy atom. The molecule has 2 aromatic rings. The number of aromatic nitrogens is 4. The zero-order valence-electron chi connectivity index (χ0n) is 10.2. The Morgan fingerprint density at radius 3 is 2.61 bits per heavy atom. The van der Waals surface area contributed by atoms with Crippen LogP contribution in [0.5, 0.6) is 0 Å². The van der Waals surface area contributed by atoms with E-state index in [-0.39, 0.29) is 12.5 Å². The number of rotatable bonds is 3. The van der Waals surface area contributed by atoms with Gasteiger partial charge in [-0.1, -0.05) is 0 Å². The van der Waals surface area contributed by atoms with E-state index in [4.69, 9.17) is 5.73 Å². The number of carbonyl (C=O) groups is 1. The third kappa shape index (κ3) is 3.03. The first-order valence-corrected chi connectivity index (χ1v) is 5.43. The number of nitrogen functional groups attached to an aromatic ring is 1. The summed E-state index contributed by atoms with van der Waals surface area (Å²) >= 11 is 0. The number of carbonyl (C=O) groups excluding carboxylic acids is 1. The molecule has 2 aromatic heterocycles. The Morgan fingerprint density at radius 2 is 2.06 bits per heavy atom. The molecule has 0 saturated heterocycles. The van der Waals surface area contributed by atoms with E-state index >= 15 is 0 Å². The Hall–Kier alpha value is -2.44. The van der Waals surface area contributed by atoms with Crippen LogP contribution in [0, 0.1) is 13.8 Å². The van der Waals surface area contributed by atoms with Crippen LogP contribution in [0.2, 0.25) is 0 Å². The fourth-order valence-corrected chi connectivity index (χ4v) is 1.56. The minimum absolute atomic E-state index is 0.0769. The molecule has 0 unspecified atom stereocenters. The summed E-state index contributed by atoms with van der Waals surface area (Å²) in [5.41, 5.74) is 7.64. The molecule has 7 nitrogen and oxygen atoms in total. The second-order valence-electron chi connectivity index (χ2n) is 3.99. The van der Waals surface area contributed by atoms with Gasteiger partial charge in [0, 0.05) is 17.6 Å². The molecule has 0 bridgehead atoms. The highest BCUT2D eigenvalue weighted by Gasteiger charge is 2.07. The highest BCUT2D eigenvalue weighted by atomic mass is 16.2. The van der Waals surface area contributed by atoms with Gasteiger partial charge in [0.2, 0.25) is 11.9 Å². The number of hydrogen-bond donors (Lipinski definition) is 2. The van der Waals surface area contributed by atoms with Crippen molar-refractivity contribution in [2.45, 2.75) is 20.4 Å². The number of anilines is 2. The van der Waals surface area contributed by atoms with E-state index in [1.807, 2.05) is 19.9 Å². The minimum Gasteiger partial charge on any atom is -0.396 e. The predicted octanol–water partition coefficient (Wildman–Crippen LogP) is 0.511. The molecule has 0 aromatic carbocycles. The zero-order chi connectivity index (χ0) is 13.1. The monoisotopic (exact) mass is 246 g/mol. The largest absolute Gasteiger partial charge is 0.396 e. The Kier molecular flexibility index (Phi) is 3.22. The average molecular weight is 246 g/mol. The maximum atomic E-state index is 11.7. The third-order valence-electron chi connectivity index (χ3n) is 2.19. The molecule has 0 aliphatic rings. The lowest BCUT2D eigenvalue weighted by molar-refractivity contribution is -0.116. The summed E-state index contributed by atoms with van der Waals surface area (Å²) < 4.78 is 1.45. The number of hydrogen-bond acceptors (Lipinski definition) is 5. The molecular formula is C11H14N6O. The summed E-state index contributed by atoms with van der Waals surface area (Å²) in [7, 11) is 0. The van der Waals surface area contributed by atoms with Crippen molar-refractivity contribution in [1.82, 2.24) is 19.7 Å². The first-order valence-electron chi connectivity index (χ1n) is 5.43. The van der Waals surface area contributed by atoms with Crippen molar-refractivity contribution >= 4 is 17.5 Å². The number of amides is 1. The lowest BCUT2D eigenvalue weighted by Crippen LogP contribution is -2.20. The van der Waals surface area contributed by atoms with E-state index in [0.717, 1.165) is 11.4 Å². The van der Waals surface area contributed by atoms with Gasteiger partial charge in [-0.05, 0) is 19.9 Å². The van der Waals surface area contributed by atoms with Gasteiger partial charge < -0.3 is 5.73 Å². The van der Waals surface area contributed by atoms with Crippen molar-refractivity contribution in [2.24, 2.45) is 0 Å². The quantitative estimate of drug-likeness (QED) is 0.822. The summed E-state index contributed by atoms with van der Waals surface area (Å²) in [6.45, 7) is 3.77. The highest BCUT2D eigenvalue weighted by molar-refractivity contribution is 5.88. The van der Waals surface area contributed by atoms with Gasteiger partial charge in [-0.2, -0.15) is 5.10 Å². The van der Waals surface area contributed by atoms with Gasteiger partial charge in [0.05, 0.1) is 11.9 Å². The standard InChI is InChI=1S/C11H14N6O/c1-7-3-8(2)15-11(14-7)16-10(18)6-17-5-9(12)4-13-17/h3-5H,6,12H2,1-2H3,(H,14,15,16,18). The van der Waals surface area contributed by atoms with Crippen LogP contribution >= 0.6 is 0 Å². The molecule has 7 heteroatoms. The molecule has 1 amide bonds. The third-order valence-corrected chi connectivity index (χ3v) is 2.19. The summed E-state index contributed by atoms with van der Waals surface area (Å²) in [5.74, 6) is 0.0562. The van der Waals surface area contributed by atoms with Gasteiger partial charge >= 0.3 is 0 Å². The molecule has 94 valence electrons. The summed E-state index contributed by atoms with van der Waals surface area (Å²) in [6.07, 6.45) is 3.07. The second kappa shape index (κ2) is 4.82. The lowest BCUT2D eigenvalue weighted by atomic mass is 10.4. The van der Waals surface area contributed by atoms with Crippen molar-refractivity contribution in [1.29, 1.82) is 0 Å². The van der Waals surface area contributed by atoms with E-state index in [0.29, 0.717) is 11.6 Å². The molecule has 0 spiro atoms. The van der Waals surface area contributed by atoms with E-state index in [2.05, 4.69) is 20.4 Å². The molecule has 0 atom stereocenters. The van der Waals surface area contributed by atoms with E-state index in [9.17, 15) is 4.79 Å². The molecule has 3 N–H and O–H groups in total. The summed E-state index contributed by atoms with van der Waals surface area (Å²) in [4.78, 5) is 20.0. The van der Waals surface area contributed by atoms with Crippen LogP contribution in [-0.2, 0) is 11.3 Å². The van der Waals surface area contributed by atoms with Crippen LogP contribution < -0.4 is 11.1 Å². The van der Waals surface area contributed by atoms with Crippen LogP contribution in [-0.4, -0.2) is 25.7 Å². The van der Waals surface area contributed by atoms with Crippen molar-refractivity contribution in [3.8, 4) is 0 Å². The van der Waals surface area contributed by atoms with Crippen LogP contribution in [0.4, 0.5) is 11.6 Å². The molecule has 0 radical (unpaired) electrons. The second-order valence-corrected chi connectivity index (χ2v) is 3.99. The summed E-state index contributed by atoms with van der Waals surface area (Å²) in [5, 5.41) is 6.54. The normalized spacial score (nSPS) is 10.3. The van der Waals surface area contributed by atoms with Gasteiger partial charge in [0.15, 0.2) is 0 Å². The molecule has 0 aliphatic heterocycles. The zero-order valence-corrected chi connectivity index (χ0v) is 10.2. The van der Waals surface area contributed by atoms with Crippen molar-refractivity contribution in [2.75, 3.05) is 11.1 Å². The van der Waals surface area contributed by atoms with Gasteiger partial charge in [-0.25, -0.2) is 9.97 Å². The SMILES string of the molecule is Cc1cc(C)nc(NC(=O)Cn2cc(N)cn2)n1. The fourth-order valence-electron chi connectivity index (χ4n) is 1.56. The van der Waals surface area contributed by atoms with Crippen LogP contribution in [0.1, 0.15) is 11.4 Å². The van der Waals surface area contributed by atoms with Crippen LogP contribution in [0.25, 0.3) is 0 Å². The molecule has 2 heterocycles. The fraction of sp³-hybridized carbons (Fsp3) is 0.273. The Balaban J connectivity index is 2.02. The first-order chi connectivity index (χ1) is 8.52. The number of nitrogens with two attached hydrogens (primary N) is 1. The van der Waals surface area contributed by atoms with Gasteiger partial charge in [-0.15, -0.1) is 0 Å². The maximum Gasteiger partial charge on any atom is 0.248 e. The molecule has 0 aliphatic carbocycles. The number of nitrogens with one attached hydrogen (secondary N) is 1. The van der Waals surface area contributed by atoms with Crippen LogP contribution in [0.3, 0.4) is 0 Å². The van der Waals surface area contributed by atoms with Gasteiger partial charge in [0.1, 0.15) is 6.54 Å². The molecule has 18 heavy (non-hydrogen) atoms.